The lowest BCUT2D eigenvalue weighted by atomic mass is 9.66. The fourth-order valence-corrected chi connectivity index (χ4v) is 5.46. The van der Waals surface area contributed by atoms with E-state index in [1.165, 1.54) is 0 Å². The Bertz CT molecular complexity index is 1260. The molecule has 0 amide bonds. The number of carbonyl (C=O) groups is 2. The predicted molar refractivity (Wildman–Crippen MR) is 146 cm³/mol. The number of methoxy groups -OCH3 is 2. The van der Waals surface area contributed by atoms with E-state index in [1.54, 1.807) is 14.2 Å². The first-order valence-corrected chi connectivity index (χ1v) is 13.2. The minimum absolute atomic E-state index is 0.0488. The van der Waals surface area contributed by atoms with Crippen molar-refractivity contribution in [3.63, 3.8) is 0 Å². The van der Waals surface area contributed by atoms with E-state index in [0.29, 0.717) is 54.6 Å². The fourth-order valence-electron chi connectivity index (χ4n) is 5.46. The van der Waals surface area contributed by atoms with Gasteiger partial charge in [-0.25, -0.2) is 4.79 Å². The van der Waals surface area contributed by atoms with Crippen LogP contribution in [-0.4, -0.2) is 44.9 Å². The molecule has 2 aromatic rings. The normalized spacial score (nSPS) is 21.1. The number of benzene rings is 2. The molecule has 1 heterocycles. The summed E-state index contributed by atoms with van der Waals surface area (Å²) in [6, 6.07) is 13.4. The van der Waals surface area contributed by atoms with Crippen LogP contribution in [0.15, 0.2) is 58.7 Å². The lowest BCUT2D eigenvalue weighted by Gasteiger charge is -2.38. The van der Waals surface area contributed by atoms with Crippen LogP contribution in [0.2, 0.25) is 0 Å². The van der Waals surface area contributed by atoms with Gasteiger partial charge in [-0.3, -0.25) is 9.79 Å². The van der Waals surface area contributed by atoms with Crippen molar-refractivity contribution < 1.29 is 28.5 Å². The Kier molecular flexibility index (Phi) is 8.55. The number of esters is 1. The number of rotatable bonds is 9. The molecule has 202 valence electrons. The number of carbonyl (C=O) groups excluding carboxylic acids is 2. The highest BCUT2D eigenvalue weighted by atomic mass is 16.5. The van der Waals surface area contributed by atoms with E-state index in [9.17, 15) is 9.59 Å². The van der Waals surface area contributed by atoms with Crippen molar-refractivity contribution in [1.82, 2.24) is 0 Å². The zero-order valence-corrected chi connectivity index (χ0v) is 23.1. The summed E-state index contributed by atoms with van der Waals surface area (Å²) in [5.41, 5.74) is 3.61. The monoisotopic (exact) mass is 519 g/mol. The van der Waals surface area contributed by atoms with E-state index in [1.807, 2.05) is 70.2 Å². The summed E-state index contributed by atoms with van der Waals surface area (Å²) < 4.78 is 22.5. The second kappa shape index (κ2) is 11.8. The Labute approximate surface area is 224 Å². The lowest BCUT2D eigenvalue weighted by Crippen LogP contribution is -2.41. The second-order valence-electron chi connectivity index (χ2n) is 10.2. The maximum atomic E-state index is 13.9. The van der Waals surface area contributed by atoms with Gasteiger partial charge in [0.25, 0.3) is 0 Å². The Balaban J connectivity index is 1.78. The third kappa shape index (κ3) is 5.47. The first-order valence-electron chi connectivity index (χ1n) is 13.2. The van der Waals surface area contributed by atoms with Gasteiger partial charge in [0.15, 0.2) is 11.5 Å². The van der Waals surface area contributed by atoms with E-state index < -0.39 is 17.8 Å². The molecule has 38 heavy (non-hydrogen) atoms. The van der Waals surface area contributed by atoms with Crippen LogP contribution >= 0.6 is 0 Å². The number of hydrogen-bond donors (Lipinski definition) is 0. The second-order valence-corrected chi connectivity index (χ2v) is 10.2. The molecule has 0 radical (unpaired) electrons. The minimum atomic E-state index is -0.557. The van der Waals surface area contributed by atoms with Gasteiger partial charge in [-0.05, 0) is 55.9 Å². The summed E-state index contributed by atoms with van der Waals surface area (Å²) in [5.74, 6) is 0.609. The minimum Gasteiger partial charge on any atom is -0.494 e. The third-order valence-corrected chi connectivity index (χ3v) is 7.16. The molecule has 1 saturated carbocycles. The number of ketones is 1. The quantitative estimate of drug-likeness (QED) is 0.385. The summed E-state index contributed by atoms with van der Waals surface area (Å²) in [5, 5.41) is 0. The van der Waals surface area contributed by atoms with Gasteiger partial charge in [0, 0.05) is 29.3 Å². The van der Waals surface area contributed by atoms with Crippen LogP contribution in [0.1, 0.15) is 63.5 Å². The highest BCUT2D eigenvalue weighted by Crippen LogP contribution is 2.48. The standard InChI is InChI=1S/C31H37NO6/c1-7-37-25-11-9-8-10-22(25)29-28(31(34)38-17-18(2)3)19(4)32-23-14-21(15-24(33)30(23)29)20-12-13-26(35-5)27(16-20)36-6/h8-13,16,18,21,29-30H,7,14-15,17H2,1-6H3/t21-,29-,30?/m1/s1. The van der Waals surface area contributed by atoms with Gasteiger partial charge in [-0.15, -0.1) is 0 Å². The van der Waals surface area contributed by atoms with E-state index >= 15 is 0 Å². The Morgan fingerprint density at radius 3 is 2.42 bits per heavy atom. The Morgan fingerprint density at radius 1 is 1.00 bits per heavy atom. The number of Topliss-reactive ketones (excluding diaryl/α,β-unsaturated/α-hetero) is 1. The average Bonchev–Trinajstić information content (AvgIpc) is 2.91. The zero-order chi connectivity index (χ0) is 27.4. The first-order chi connectivity index (χ1) is 18.3. The molecule has 1 unspecified atom stereocenters. The van der Waals surface area contributed by atoms with E-state index in [2.05, 4.69) is 0 Å². The summed E-state index contributed by atoms with van der Waals surface area (Å²) in [6.45, 7) is 8.50. The maximum Gasteiger partial charge on any atom is 0.336 e. The van der Waals surface area contributed by atoms with Crippen LogP contribution in [0.3, 0.4) is 0 Å². The predicted octanol–water partition coefficient (Wildman–Crippen LogP) is 5.88. The molecule has 0 aromatic heterocycles. The van der Waals surface area contributed by atoms with Crippen LogP contribution in [0, 0.1) is 11.8 Å². The molecule has 0 N–H and O–H groups in total. The molecule has 3 atom stereocenters. The van der Waals surface area contributed by atoms with Crippen LogP contribution in [-0.2, 0) is 14.3 Å². The molecular weight excluding hydrogens is 482 g/mol. The van der Waals surface area contributed by atoms with Gasteiger partial charge in [-0.2, -0.15) is 0 Å². The van der Waals surface area contributed by atoms with Crippen molar-refractivity contribution in [2.45, 2.75) is 52.4 Å². The third-order valence-electron chi connectivity index (χ3n) is 7.16. The molecule has 4 rings (SSSR count). The zero-order valence-electron chi connectivity index (χ0n) is 23.1. The number of nitrogens with zero attached hydrogens (tertiary/aromatic N) is 1. The summed E-state index contributed by atoms with van der Waals surface area (Å²) in [7, 11) is 3.20. The summed E-state index contributed by atoms with van der Waals surface area (Å²) >= 11 is 0. The fraction of sp³-hybridized carbons (Fsp3) is 0.452. The number of aliphatic imine (C=N–C) groups is 1. The van der Waals surface area contributed by atoms with E-state index in [-0.39, 0.29) is 17.6 Å². The molecule has 0 saturated heterocycles. The van der Waals surface area contributed by atoms with Gasteiger partial charge in [-0.1, -0.05) is 38.1 Å². The van der Waals surface area contributed by atoms with Crippen molar-refractivity contribution in [3.8, 4) is 17.2 Å². The largest absolute Gasteiger partial charge is 0.494 e. The summed E-state index contributed by atoms with van der Waals surface area (Å²) in [4.78, 5) is 32.2. The lowest BCUT2D eigenvalue weighted by molar-refractivity contribution is -0.140. The SMILES string of the molecule is CCOc1ccccc1[C@@H]1C(C(=O)OCC(C)C)=C(C)N=C2C[C@@H](c3ccc(OC)c(OC)c3)CC(=O)C21. The van der Waals surface area contributed by atoms with Gasteiger partial charge < -0.3 is 18.9 Å². The molecule has 1 fully saturated rings. The number of ether oxygens (including phenoxy) is 4. The molecule has 0 bridgehead atoms. The molecule has 2 aromatic carbocycles. The number of allylic oxidation sites excluding steroid dienone is 1. The molecule has 0 spiro atoms. The molecule has 2 aliphatic rings. The van der Waals surface area contributed by atoms with Gasteiger partial charge >= 0.3 is 5.97 Å². The Morgan fingerprint density at radius 2 is 1.74 bits per heavy atom. The highest BCUT2D eigenvalue weighted by Gasteiger charge is 2.47. The van der Waals surface area contributed by atoms with Crippen molar-refractivity contribution in [2.24, 2.45) is 16.8 Å². The van der Waals surface area contributed by atoms with Crippen LogP contribution in [0.5, 0.6) is 17.2 Å². The number of fused-ring (bicyclic) bond motifs is 1. The smallest absolute Gasteiger partial charge is 0.336 e. The topological polar surface area (TPSA) is 83.4 Å². The van der Waals surface area contributed by atoms with E-state index in [0.717, 1.165) is 16.8 Å². The van der Waals surface area contributed by atoms with Crippen LogP contribution in [0.25, 0.3) is 0 Å². The van der Waals surface area contributed by atoms with Crippen molar-refractivity contribution in [3.05, 3.63) is 64.9 Å². The molecule has 7 heteroatoms. The molecular formula is C31H37NO6. The average molecular weight is 520 g/mol. The van der Waals surface area contributed by atoms with Crippen LogP contribution in [0.4, 0.5) is 0 Å². The van der Waals surface area contributed by atoms with Crippen molar-refractivity contribution in [1.29, 1.82) is 0 Å². The van der Waals surface area contributed by atoms with Crippen molar-refractivity contribution >= 4 is 17.5 Å². The van der Waals surface area contributed by atoms with Gasteiger partial charge in [0.2, 0.25) is 0 Å². The molecule has 1 aliphatic heterocycles. The number of para-hydroxylation sites is 1. The Hall–Kier alpha value is -3.61. The van der Waals surface area contributed by atoms with Crippen LogP contribution < -0.4 is 14.2 Å². The first kappa shape index (κ1) is 27.4. The highest BCUT2D eigenvalue weighted by molar-refractivity contribution is 6.12. The summed E-state index contributed by atoms with van der Waals surface area (Å²) in [6.07, 6.45) is 0.935. The van der Waals surface area contributed by atoms with E-state index in [4.69, 9.17) is 23.9 Å². The molecule has 1 aliphatic carbocycles. The number of hydrogen-bond acceptors (Lipinski definition) is 7. The van der Waals surface area contributed by atoms with Gasteiger partial charge in [0.05, 0.1) is 38.9 Å². The van der Waals surface area contributed by atoms with Crippen molar-refractivity contribution in [2.75, 3.05) is 27.4 Å². The maximum absolute atomic E-state index is 13.9. The molecule has 7 nitrogen and oxygen atoms in total. The van der Waals surface area contributed by atoms with Gasteiger partial charge in [0.1, 0.15) is 11.5 Å².